The fourth-order valence-corrected chi connectivity index (χ4v) is 4.32. The smallest absolute Gasteiger partial charge is 0.0807 e. The van der Waals surface area contributed by atoms with Crippen LogP contribution in [0.15, 0.2) is 15.2 Å². The molecule has 0 radical (unpaired) electrons. The lowest BCUT2D eigenvalue weighted by Crippen LogP contribution is -2.23. The van der Waals surface area contributed by atoms with Crippen LogP contribution in [0.5, 0.6) is 0 Å². The number of hydrogen-bond acceptors (Lipinski definition) is 5. The molecule has 1 atom stereocenters. The monoisotopic (exact) mass is 359 g/mol. The Morgan fingerprint density at radius 1 is 1.32 bits per heavy atom. The lowest BCUT2D eigenvalue weighted by atomic mass is 10.1. The third-order valence-electron chi connectivity index (χ3n) is 2.89. The highest BCUT2D eigenvalue weighted by Crippen LogP contribution is 2.34. The highest BCUT2D eigenvalue weighted by atomic mass is 79.9. The first-order chi connectivity index (χ1) is 9.27. The molecule has 1 N–H and O–H groups in total. The van der Waals surface area contributed by atoms with Crippen molar-refractivity contribution in [3.8, 4) is 0 Å². The molecular weight excluding hydrogens is 342 g/mol. The first-order valence-corrected chi connectivity index (χ1v) is 9.04. The molecule has 0 spiro atoms. The first kappa shape index (κ1) is 15.1. The maximum Gasteiger partial charge on any atom is 0.0807 e. The van der Waals surface area contributed by atoms with Crippen LogP contribution in [0.1, 0.15) is 48.9 Å². The van der Waals surface area contributed by atoms with E-state index in [-0.39, 0.29) is 6.04 Å². The second-order valence-electron chi connectivity index (χ2n) is 4.40. The molecule has 19 heavy (non-hydrogen) atoms. The Hall–Kier alpha value is -0.300. The molecule has 2 aromatic rings. The minimum absolute atomic E-state index is 0.210. The van der Waals surface area contributed by atoms with Crippen LogP contribution < -0.4 is 5.32 Å². The zero-order chi connectivity index (χ0) is 13.7. The van der Waals surface area contributed by atoms with Crippen molar-refractivity contribution in [3.05, 3.63) is 31.4 Å². The average Bonchev–Trinajstić information content (AvgIpc) is 3.01. The fourth-order valence-electron chi connectivity index (χ4n) is 1.97. The summed E-state index contributed by atoms with van der Waals surface area (Å²) in [5.74, 6) is 0. The average molecular weight is 360 g/mol. The third-order valence-corrected chi connectivity index (χ3v) is 5.47. The molecule has 0 saturated heterocycles. The van der Waals surface area contributed by atoms with Crippen LogP contribution in [0.25, 0.3) is 0 Å². The van der Waals surface area contributed by atoms with Crippen LogP contribution >= 0.6 is 38.8 Å². The quantitative estimate of drug-likeness (QED) is 0.795. The summed E-state index contributed by atoms with van der Waals surface area (Å²) in [6.45, 7) is 5.36. The summed E-state index contributed by atoms with van der Waals surface area (Å²) < 4.78 is 5.32. The van der Waals surface area contributed by atoms with E-state index in [2.05, 4.69) is 55.4 Å². The molecule has 0 bridgehead atoms. The molecule has 0 amide bonds. The molecule has 6 heteroatoms. The molecule has 3 nitrogen and oxygen atoms in total. The Morgan fingerprint density at radius 2 is 2.16 bits per heavy atom. The minimum atomic E-state index is 0.210. The largest absolute Gasteiger partial charge is 0.305 e. The molecule has 0 aromatic carbocycles. The second-order valence-corrected chi connectivity index (χ2v) is 6.78. The van der Waals surface area contributed by atoms with Gasteiger partial charge in [-0.3, -0.25) is 0 Å². The number of rotatable bonds is 7. The maximum absolute atomic E-state index is 4.29. The zero-order valence-electron chi connectivity index (χ0n) is 11.1. The van der Waals surface area contributed by atoms with E-state index in [0.29, 0.717) is 0 Å². The molecule has 2 aromatic heterocycles. The van der Waals surface area contributed by atoms with Crippen molar-refractivity contribution in [3.63, 3.8) is 0 Å². The van der Waals surface area contributed by atoms with Crippen LogP contribution in [-0.4, -0.2) is 16.1 Å². The fraction of sp³-hybridized carbons (Fsp3) is 0.538. The number of nitrogens with zero attached hydrogens (tertiary/aromatic N) is 2. The van der Waals surface area contributed by atoms with Crippen LogP contribution in [0.3, 0.4) is 0 Å². The van der Waals surface area contributed by atoms with E-state index in [1.54, 1.807) is 11.3 Å². The molecular formula is C13H18BrN3S2. The Balaban J connectivity index is 2.31. The number of hydrogen-bond donors (Lipinski definition) is 1. The Bertz CT molecular complexity index is 509. The molecule has 0 fully saturated rings. The SMILES string of the molecule is CCCNC(c1cscc1Br)c1snnc1CCC. The summed E-state index contributed by atoms with van der Waals surface area (Å²) in [7, 11) is 0. The van der Waals surface area contributed by atoms with E-state index in [4.69, 9.17) is 0 Å². The van der Waals surface area contributed by atoms with Gasteiger partial charge in [0.1, 0.15) is 0 Å². The number of aryl methyl sites for hydroxylation is 1. The van der Waals surface area contributed by atoms with E-state index < -0.39 is 0 Å². The number of halogens is 1. The van der Waals surface area contributed by atoms with Gasteiger partial charge in [-0.25, -0.2) is 0 Å². The topological polar surface area (TPSA) is 37.8 Å². The molecule has 2 rings (SSSR count). The van der Waals surface area contributed by atoms with Gasteiger partial charge in [0.05, 0.1) is 16.6 Å². The van der Waals surface area contributed by atoms with Crippen molar-refractivity contribution in [1.82, 2.24) is 14.9 Å². The Morgan fingerprint density at radius 3 is 2.79 bits per heavy atom. The van der Waals surface area contributed by atoms with Gasteiger partial charge >= 0.3 is 0 Å². The maximum atomic E-state index is 4.29. The highest BCUT2D eigenvalue weighted by Gasteiger charge is 2.22. The second kappa shape index (κ2) is 7.47. The van der Waals surface area contributed by atoms with E-state index in [0.717, 1.165) is 31.5 Å². The van der Waals surface area contributed by atoms with Gasteiger partial charge < -0.3 is 5.32 Å². The number of thiophene rings is 1. The molecule has 1 unspecified atom stereocenters. The van der Waals surface area contributed by atoms with Crippen molar-refractivity contribution in [2.45, 2.75) is 39.2 Å². The molecule has 0 aliphatic rings. The summed E-state index contributed by atoms with van der Waals surface area (Å²) >= 11 is 6.88. The van der Waals surface area contributed by atoms with Gasteiger partial charge in [-0.1, -0.05) is 24.8 Å². The van der Waals surface area contributed by atoms with E-state index in [9.17, 15) is 0 Å². The van der Waals surface area contributed by atoms with E-state index >= 15 is 0 Å². The summed E-state index contributed by atoms with van der Waals surface area (Å²) in [5.41, 5.74) is 2.43. The highest BCUT2D eigenvalue weighted by molar-refractivity contribution is 9.10. The Kier molecular flexibility index (Phi) is 5.94. The van der Waals surface area contributed by atoms with Gasteiger partial charge in [-0.05, 0) is 57.8 Å². The zero-order valence-corrected chi connectivity index (χ0v) is 14.4. The number of aromatic nitrogens is 2. The van der Waals surface area contributed by atoms with Crippen molar-refractivity contribution < 1.29 is 0 Å². The lowest BCUT2D eigenvalue weighted by Gasteiger charge is -2.17. The van der Waals surface area contributed by atoms with Crippen molar-refractivity contribution in [2.75, 3.05) is 6.54 Å². The van der Waals surface area contributed by atoms with Crippen molar-refractivity contribution >= 4 is 38.8 Å². The molecule has 2 heterocycles. The van der Waals surface area contributed by atoms with Gasteiger partial charge in [-0.2, -0.15) is 11.3 Å². The standard InChI is InChI=1S/C13H18BrN3S2/c1-3-5-11-13(19-17-16-11)12(15-6-4-2)9-7-18-8-10(9)14/h7-8,12,15H,3-6H2,1-2H3. The van der Waals surface area contributed by atoms with Gasteiger partial charge in [0.15, 0.2) is 0 Å². The lowest BCUT2D eigenvalue weighted by molar-refractivity contribution is 0.599. The van der Waals surface area contributed by atoms with Crippen LogP contribution in [0, 0.1) is 0 Å². The molecule has 104 valence electrons. The van der Waals surface area contributed by atoms with Gasteiger partial charge in [-0.15, -0.1) is 5.10 Å². The van der Waals surface area contributed by atoms with Gasteiger partial charge in [0.2, 0.25) is 0 Å². The summed E-state index contributed by atoms with van der Waals surface area (Å²) in [6.07, 6.45) is 3.22. The van der Waals surface area contributed by atoms with E-state index in [1.807, 2.05) is 0 Å². The predicted molar refractivity (Wildman–Crippen MR) is 86.1 cm³/mol. The van der Waals surface area contributed by atoms with Crippen LogP contribution in [0.4, 0.5) is 0 Å². The minimum Gasteiger partial charge on any atom is -0.305 e. The van der Waals surface area contributed by atoms with Gasteiger partial charge in [0.25, 0.3) is 0 Å². The van der Waals surface area contributed by atoms with Crippen molar-refractivity contribution in [1.29, 1.82) is 0 Å². The molecule has 0 aliphatic heterocycles. The third kappa shape index (κ3) is 3.62. The Labute approximate surface area is 130 Å². The predicted octanol–water partition coefficient (Wildman–Crippen LogP) is 4.40. The summed E-state index contributed by atoms with van der Waals surface area (Å²) in [4.78, 5) is 1.26. The molecule has 0 aliphatic carbocycles. The summed E-state index contributed by atoms with van der Waals surface area (Å²) in [6, 6.07) is 0.210. The first-order valence-electron chi connectivity index (χ1n) is 6.54. The normalized spacial score (nSPS) is 12.8. The number of nitrogens with one attached hydrogen (secondary N) is 1. The van der Waals surface area contributed by atoms with Crippen LogP contribution in [-0.2, 0) is 6.42 Å². The molecule has 0 saturated carbocycles. The van der Waals surface area contributed by atoms with Crippen molar-refractivity contribution in [2.24, 2.45) is 0 Å². The van der Waals surface area contributed by atoms with Gasteiger partial charge in [0, 0.05) is 9.85 Å². The summed E-state index contributed by atoms with van der Waals surface area (Å²) in [5, 5.41) is 12.2. The van der Waals surface area contributed by atoms with E-state index in [1.165, 1.54) is 26.4 Å². The van der Waals surface area contributed by atoms with Crippen LogP contribution in [0.2, 0.25) is 0 Å².